The Balaban J connectivity index is 1.92. The third kappa shape index (κ3) is 5.41. The van der Waals surface area contributed by atoms with Crippen LogP contribution in [0.3, 0.4) is 0 Å². The number of carbonyl (C=O) groups is 3. The first-order chi connectivity index (χ1) is 12.2. The SMILES string of the molecule is CC(C)(CC(=O)Nc1cncc(C(=O)O)c1N)NC(=O)C[C@H]1CCNC1. The van der Waals surface area contributed by atoms with Gasteiger partial charge in [-0.05, 0) is 39.3 Å². The number of nitrogens with two attached hydrogens (primary N) is 1. The first-order valence-electron chi connectivity index (χ1n) is 8.46. The molecule has 9 heteroatoms. The van der Waals surface area contributed by atoms with Crippen molar-refractivity contribution in [1.82, 2.24) is 15.6 Å². The van der Waals surface area contributed by atoms with Crippen LogP contribution in [0.5, 0.6) is 0 Å². The number of aromatic nitrogens is 1. The van der Waals surface area contributed by atoms with Crippen molar-refractivity contribution in [2.45, 2.75) is 38.6 Å². The van der Waals surface area contributed by atoms with Gasteiger partial charge in [0.05, 0.1) is 17.6 Å². The van der Waals surface area contributed by atoms with E-state index in [1.54, 1.807) is 13.8 Å². The smallest absolute Gasteiger partial charge is 0.339 e. The number of amides is 2. The number of aromatic carboxylic acids is 1. The number of carbonyl (C=O) groups excluding carboxylic acids is 2. The van der Waals surface area contributed by atoms with Gasteiger partial charge in [-0.1, -0.05) is 0 Å². The van der Waals surface area contributed by atoms with Crippen LogP contribution in [0.1, 0.15) is 43.5 Å². The third-order valence-electron chi connectivity index (χ3n) is 4.21. The summed E-state index contributed by atoms with van der Waals surface area (Å²) in [5, 5.41) is 17.7. The molecule has 6 N–H and O–H groups in total. The molecule has 0 saturated carbocycles. The Labute approximate surface area is 151 Å². The van der Waals surface area contributed by atoms with E-state index in [1.165, 1.54) is 6.20 Å². The zero-order chi connectivity index (χ0) is 19.3. The van der Waals surface area contributed by atoms with Crippen LogP contribution in [0.25, 0.3) is 0 Å². The molecule has 2 amide bonds. The second-order valence-electron chi connectivity index (χ2n) is 7.17. The molecule has 0 unspecified atom stereocenters. The largest absolute Gasteiger partial charge is 0.478 e. The van der Waals surface area contributed by atoms with Gasteiger partial charge in [0.15, 0.2) is 0 Å². The van der Waals surface area contributed by atoms with Crippen LogP contribution in [-0.4, -0.2) is 46.5 Å². The van der Waals surface area contributed by atoms with Gasteiger partial charge in [-0.15, -0.1) is 0 Å². The van der Waals surface area contributed by atoms with Crippen LogP contribution in [0, 0.1) is 5.92 Å². The lowest BCUT2D eigenvalue weighted by molar-refractivity contribution is -0.124. The van der Waals surface area contributed by atoms with Crippen LogP contribution in [0.15, 0.2) is 12.4 Å². The lowest BCUT2D eigenvalue weighted by Crippen LogP contribution is -2.46. The van der Waals surface area contributed by atoms with E-state index in [4.69, 9.17) is 10.8 Å². The molecular weight excluding hydrogens is 338 g/mol. The maximum Gasteiger partial charge on any atom is 0.339 e. The number of nitrogen functional groups attached to an aromatic ring is 1. The summed E-state index contributed by atoms with van der Waals surface area (Å²) in [6.07, 6.45) is 3.82. The molecule has 1 aromatic rings. The van der Waals surface area contributed by atoms with Crippen molar-refractivity contribution < 1.29 is 19.5 Å². The van der Waals surface area contributed by atoms with Crippen LogP contribution in [0.2, 0.25) is 0 Å². The van der Waals surface area contributed by atoms with Crippen LogP contribution >= 0.6 is 0 Å². The number of hydrogen-bond donors (Lipinski definition) is 5. The van der Waals surface area contributed by atoms with Crippen molar-refractivity contribution >= 4 is 29.2 Å². The molecule has 1 atom stereocenters. The summed E-state index contributed by atoms with van der Waals surface area (Å²) < 4.78 is 0. The Morgan fingerprint density at radius 1 is 1.35 bits per heavy atom. The van der Waals surface area contributed by atoms with E-state index in [-0.39, 0.29) is 29.3 Å². The quantitative estimate of drug-likeness (QED) is 0.476. The second-order valence-corrected chi connectivity index (χ2v) is 7.17. The molecule has 0 aliphatic carbocycles. The molecule has 0 bridgehead atoms. The normalized spacial score (nSPS) is 16.9. The highest BCUT2D eigenvalue weighted by molar-refractivity contribution is 6.01. The first-order valence-corrected chi connectivity index (χ1v) is 8.46. The molecule has 26 heavy (non-hydrogen) atoms. The number of nitrogens with zero attached hydrogens (tertiary/aromatic N) is 1. The highest BCUT2D eigenvalue weighted by atomic mass is 16.4. The van der Waals surface area contributed by atoms with E-state index in [0.29, 0.717) is 12.3 Å². The number of rotatable bonds is 7. The average Bonchev–Trinajstić information content (AvgIpc) is 3.00. The maximum absolute atomic E-state index is 12.3. The fraction of sp³-hybridized carbons (Fsp3) is 0.529. The zero-order valence-corrected chi connectivity index (χ0v) is 15.0. The summed E-state index contributed by atoms with van der Waals surface area (Å²) in [4.78, 5) is 39.3. The second kappa shape index (κ2) is 8.13. The van der Waals surface area contributed by atoms with Crippen LogP contribution in [-0.2, 0) is 9.59 Å². The average molecular weight is 363 g/mol. The van der Waals surface area contributed by atoms with Gasteiger partial charge < -0.3 is 26.8 Å². The predicted octanol–water partition coefficient (Wildman–Crippen LogP) is 0.585. The lowest BCUT2D eigenvalue weighted by atomic mass is 9.98. The first kappa shape index (κ1) is 19.6. The summed E-state index contributed by atoms with van der Waals surface area (Å²) in [7, 11) is 0. The van der Waals surface area contributed by atoms with Gasteiger partial charge >= 0.3 is 5.97 Å². The van der Waals surface area contributed by atoms with Crippen molar-refractivity contribution in [3.63, 3.8) is 0 Å². The van der Waals surface area contributed by atoms with Gasteiger partial charge in [0.1, 0.15) is 5.56 Å². The van der Waals surface area contributed by atoms with E-state index >= 15 is 0 Å². The van der Waals surface area contributed by atoms with Crippen molar-refractivity contribution in [2.75, 3.05) is 24.1 Å². The summed E-state index contributed by atoms with van der Waals surface area (Å²) in [6, 6.07) is 0. The van der Waals surface area contributed by atoms with Crippen molar-refractivity contribution in [3.8, 4) is 0 Å². The number of hydrogen-bond acceptors (Lipinski definition) is 6. The predicted molar refractivity (Wildman–Crippen MR) is 96.7 cm³/mol. The van der Waals surface area contributed by atoms with E-state index in [2.05, 4.69) is 20.9 Å². The molecule has 1 saturated heterocycles. The van der Waals surface area contributed by atoms with Crippen molar-refractivity contribution in [3.05, 3.63) is 18.0 Å². The van der Waals surface area contributed by atoms with Gasteiger partial charge in [-0.2, -0.15) is 0 Å². The van der Waals surface area contributed by atoms with Crippen molar-refractivity contribution in [2.24, 2.45) is 5.92 Å². The third-order valence-corrected chi connectivity index (χ3v) is 4.21. The van der Waals surface area contributed by atoms with E-state index in [1.807, 2.05) is 0 Å². The summed E-state index contributed by atoms with van der Waals surface area (Å²) in [6.45, 7) is 5.27. The highest BCUT2D eigenvalue weighted by Crippen LogP contribution is 2.22. The number of nitrogens with one attached hydrogen (secondary N) is 3. The number of pyridine rings is 1. The topological polar surface area (TPSA) is 146 Å². The van der Waals surface area contributed by atoms with E-state index in [0.717, 1.165) is 25.7 Å². The fourth-order valence-corrected chi connectivity index (χ4v) is 2.96. The minimum Gasteiger partial charge on any atom is -0.478 e. The molecule has 2 heterocycles. The van der Waals surface area contributed by atoms with Crippen LogP contribution < -0.4 is 21.7 Å². The maximum atomic E-state index is 12.3. The Kier molecular flexibility index (Phi) is 6.14. The molecule has 0 aromatic carbocycles. The minimum absolute atomic E-state index is 0.0123. The van der Waals surface area contributed by atoms with Gasteiger partial charge in [-0.3, -0.25) is 14.6 Å². The standard InChI is InChI=1S/C17H25N5O4/c1-17(2,22-13(23)5-10-3-4-19-7-10)6-14(24)21-12-9-20-8-11(15(12)18)16(25)26/h8-10,19H,3-7H2,1-2H3,(H2,18,20)(H,21,24)(H,22,23)(H,25,26)/t10-/m1/s1. The monoisotopic (exact) mass is 363 g/mol. The highest BCUT2D eigenvalue weighted by Gasteiger charge is 2.27. The number of carboxylic acid groups (broad SMARTS) is 1. The number of anilines is 2. The minimum atomic E-state index is -1.22. The van der Waals surface area contributed by atoms with Gasteiger partial charge in [0, 0.05) is 24.6 Å². The number of carboxylic acids is 1. The molecule has 9 nitrogen and oxygen atoms in total. The summed E-state index contributed by atoms with van der Waals surface area (Å²) >= 11 is 0. The van der Waals surface area contributed by atoms with Gasteiger partial charge in [-0.25, -0.2) is 4.79 Å². The summed E-state index contributed by atoms with van der Waals surface area (Å²) in [5.41, 5.74) is 4.90. The Bertz CT molecular complexity index is 698. The molecular formula is C17H25N5O4. The molecule has 1 aliphatic rings. The molecule has 1 aromatic heterocycles. The molecule has 142 valence electrons. The van der Waals surface area contributed by atoms with Gasteiger partial charge in [0.25, 0.3) is 0 Å². The molecule has 2 rings (SSSR count). The molecule has 1 fully saturated rings. The zero-order valence-electron chi connectivity index (χ0n) is 15.0. The lowest BCUT2D eigenvalue weighted by Gasteiger charge is -2.26. The Hall–Kier alpha value is -2.68. The van der Waals surface area contributed by atoms with Crippen molar-refractivity contribution in [1.29, 1.82) is 0 Å². The van der Waals surface area contributed by atoms with Crippen LogP contribution in [0.4, 0.5) is 11.4 Å². The molecule has 0 spiro atoms. The molecule has 0 radical (unpaired) electrons. The fourth-order valence-electron chi connectivity index (χ4n) is 2.96. The summed E-state index contributed by atoms with van der Waals surface area (Å²) in [5.74, 6) is -1.39. The molecule has 1 aliphatic heterocycles. The Morgan fingerprint density at radius 3 is 2.69 bits per heavy atom. The van der Waals surface area contributed by atoms with E-state index < -0.39 is 17.4 Å². The Morgan fingerprint density at radius 2 is 2.08 bits per heavy atom. The van der Waals surface area contributed by atoms with Gasteiger partial charge in [0.2, 0.25) is 11.8 Å². The van der Waals surface area contributed by atoms with E-state index in [9.17, 15) is 14.4 Å².